The van der Waals surface area contributed by atoms with E-state index in [4.69, 9.17) is 26.5 Å². The topological polar surface area (TPSA) is 48.4 Å². The lowest BCUT2D eigenvalue weighted by atomic mass is 10.2. The maximum atomic E-state index is 6.06. The summed E-state index contributed by atoms with van der Waals surface area (Å²) in [5.74, 6) is 1.50. The molecule has 0 saturated carbocycles. The lowest BCUT2D eigenvalue weighted by Crippen LogP contribution is -2.08. The van der Waals surface area contributed by atoms with Gasteiger partial charge in [0, 0.05) is 12.0 Å². The largest absolute Gasteiger partial charge is 0.462 e. The van der Waals surface area contributed by atoms with Crippen molar-refractivity contribution in [2.75, 3.05) is 7.11 Å². The Kier molecular flexibility index (Phi) is 3.66. The first kappa shape index (κ1) is 11.7. The summed E-state index contributed by atoms with van der Waals surface area (Å²) in [5.41, 5.74) is 6.06. The SMILES string of the molecule is COCc1ccc(C(N)c2ccc(Cl)s2)o1. The fourth-order valence-corrected chi connectivity index (χ4v) is 2.49. The summed E-state index contributed by atoms with van der Waals surface area (Å²) < 4.78 is 11.3. The molecule has 86 valence electrons. The van der Waals surface area contributed by atoms with E-state index in [9.17, 15) is 0 Å². The van der Waals surface area contributed by atoms with Crippen LogP contribution < -0.4 is 5.73 Å². The van der Waals surface area contributed by atoms with Gasteiger partial charge in [-0.2, -0.15) is 0 Å². The molecule has 2 rings (SSSR count). The fourth-order valence-electron chi connectivity index (χ4n) is 1.42. The summed E-state index contributed by atoms with van der Waals surface area (Å²) in [6.45, 7) is 0.456. The number of hydrogen-bond donors (Lipinski definition) is 1. The minimum absolute atomic E-state index is 0.261. The van der Waals surface area contributed by atoms with Crippen molar-refractivity contribution in [3.05, 3.63) is 45.0 Å². The molecule has 0 radical (unpaired) electrons. The first-order valence-electron chi connectivity index (χ1n) is 4.79. The maximum Gasteiger partial charge on any atom is 0.129 e. The predicted molar refractivity (Wildman–Crippen MR) is 64.8 cm³/mol. The van der Waals surface area contributed by atoms with Crippen molar-refractivity contribution < 1.29 is 9.15 Å². The van der Waals surface area contributed by atoms with E-state index >= 15 is 0 Å². The molecule has 1 unspecified atom stereocenters. The molecular formula is C11H12ClNO2S. The third-order valence-corrected chi connectivity index (χ3v) is 3.49. The molecule has 2 aromatic heterocycles. The van der Waals surface area contributed by atoms with E-state index in [0.29, 0.717) is 6.61 Å². The minimum Gasteiger partial charge on any atom is -0.462 e. The van der Waals surface area contributed by atoms with Crippen LogP contribution >= 0.6 is 22.9 Å². The van der Waals surface area contributed by atoms with Crippen molar-refractivity contribution in [2.45, 2.75) is 12.6 Å². The van der Waals surface area contributed by atoms with Crippen molar-refractivity contribution >= 4 is 22.9 Å². The third-order valence-electron chi connectivity index (χ3n) is 2.18. The molecule has 2 heterocycles. The van der Waals surface area contributed by atoms with Crippen LogP contribution in [0.1, 0.15) is 22.4 Å². The first-order chi connectivity index (χ1) is 7.70. The van der Waals surface area contributed by atoms with Gasteiger partial charge in [0.2, 0.25) is 0 Å². The minimum atomic E-state index is -0.261. The molecule has 0 aliphatic rings. The van der Waals surface area contributed by atoms with Crippen LogP contribution in [-0.2, 0) is 11.3 Å². The highest BCUT2D eigenvalue weighted by molar-refractivity contribution is 7.16. The van der Waals surface area contributed by atoms with Crippen LogP contribution in [0, 0.1) is 0 Å². The average molecular weight is 258 g/mol. The van der Waals surface area contributed by atoms with Gasteiger partial charge in [0.05, 0.1) is 10.4 Å². The van der Waals surface area contributed by atoms with Gasteiger partial charge < -0.3 is 14.9 Å². The Balaban J connectivity index is 2.17. The molecule has 2 aromatic rings. The zero-order valence-electron chi connectivity index (χ0n) is 8.77. The van der Waals surface area contributed by atoms with Crippen molar-refractivity contribution in [1.82, 2.24) is 0 Å². The smallest absolute Gasteiger partial charge is 0.129 e. The Hall–Kier alpha value is -0.810. The van der Waals surface area contributed by atoms with Gasteiger partial charge in [-0.1, -0.05) is 11.6 Å². The van der Waals surface area contributed by atoms with Crippen LogP contribution in [0.25, 0.3) is 0 Å². The van der Waals surface area contributed by atoms with Crippen molar-refractivity contribution in [3.63, 3.8) is 0 Å². The Labute approximate surface area is 103 Å². The quantitative estimate of drug-likeness (QED) is 0.915. The lowest BCUT2D eigenvalue weighted by Gasteiger charge is -2.05. The molecule has 0 amide bonds. The van der Waals surface area contributed by atoms with Gasteiger partial charge in [0.15, 0.2) is 0 Å². The second-order valence-corrected chi connectivity index (χ2v) is 5.10. The number of halogens is 1. The van der Waals surface area contributed by atoms with Crippen LogP contribution in [0.15, 0.2) is 28.7 Å². The molecule has 0 aliphatic heterocycles. The van der Waals surface area contributed by atoms with Crippen molar-refractivity contribution in [2.24, 2.45) is 5.73 Å². The van der Waals surface area contributed by atoms with E-state index in [1.807, 2.05) is 24.3 Å². The molecule has 5 heteroatoms. The summed E-state index contributed by atoms with van der Waals surface area (Å²) in [6, 6.07) is 7.22. The second-order valence-electron chi connectivity index (χ2n) is 3.36. The van der Waals surface area contributed by atoms with E-state index in [1.165, 1.54) is 11.3 Å². The summed E-state index contributed by atoms with van der Waals surface area (Å²) >= 11 is 7.32. The van der Waals surface area contributed by atoms with Crippen LogP contribution in [0.3, 0.4) is 0 Å². The van der Waals surface area contributed by atoms with Crippen LogP contribution in [0.5, 0.6) is 0 Å². The van der Waals surface area contributed by atoms with Crippen LogP contribution in [-0.4, -0.2) is 7.11 Å². The van der Waals surface area contributed by atoms with Gasteiger partial charge in [0.1, 0.15) is 18.1 Å². The number of methoxy groups -OCH3 is 1. The molecule has 0 aromatic carbocycles. The van der Waals surface area contributed by atoms with Crippen LogP contribution in [0.2, 0.25) is 4.34 Å². The van der Waals surface area contributed by atoms with Gasteiger partial charge in [-0.05, 0) is 24.3 Å². The fraction of sp³-hybridized carbons (Fsp3) is 0.273. The van der Waals surface area contributed by atoms with Crippen molar-refractivity contribution in [3.8, 4) is 0 Å². The number of nitrogens with two attached hydrogens (primary N) is 1. The number of thiophene rings is 1. The molecule has 0 aliphatic carbocycles. The average Bonchev–Trinajstić information content (AvgIpc) is 2.87. The molecular weight excluding hydrogens is 246 g/mol. The van der Waals surface area contributed by atoms with Gasteiger partial charge in [-0.25, -0.2) is 0 Å². The van der Waals surface area contributed by atoms with Gasteiger partial charge >= 0.3 is 0 Å². The van der Waals surface area contributed by atoms with E-state index < -0.39 is 0 Å². The Morgan fingerprint density at radius 2 is 2.25 bits per heavy atom. The number of furan rings is 1. The number of ether oxygens (including phenoxy) is 1. The summed E-state index contributed by atoms with van der Waals surface area (Å²) in [6.07, 6.45) is 0. The maximum absolute atomic E-state index is 6.06. The zero-order chi connectivity index (χ0) is 11.5. The molecule has 2 N–H and O–H groups in total. The second kappa shape index (κ2) is 5.01. The Morgan fingerprint density at radius 1 is 1.44 bits per heavy atom. The van der Waals surface area contributed by atoms with E-state index in [2.05, 4.69) is 0 Å². The summed E-state index contributed by atoms with van der Waals surface area (Å²) in [7, 11) is 1.63. The lowest BCUT2D eigenvalue weighted by molar-refractivity contribution is 0.162. The molecule has 0 bridgehead atoms. The third kappa shape index (κ3) is 2.47. The van der Waals surface area contributed by atoms with E-state index in [1.54, 1.807) is 7.11 Å². The molecule has 1 atom stereocenters. The molecule has 16 heavy (non-hydrogen) atoms. The summed E-state index contributed by atoms with van der Waals surface area (Å²) in [5, 5.41) is 0. The van der Waals surface area contributed by atoms with E-state index in [0.717, 1.165) is 20.7 Å². The van der Waals surface area contributed by atoms with Gasteiger partial charge in [-0.3, -0.25) is 0 Å². The molecule has 3 nitrogen and oxygen atoms in total. The molecule has 0 saturated heterocycles. The summed E-state index contributed by atoms with van der Waals surface area (Å²) in [4.78, 5) is 0.989. The van der Waals surface area contributed by atoms with E-state index in [-0.39, 0.29) is 6.04 Å². The number of hydrogen-bond acceptors (Lipinski definition) is 4. The van der Waals surface area contributed by atoms with Crippen LogP contribution in [0.4, 0.5) is 0 Å². The zero-order valence-corrected chi connectivity index (χ0v) is 10.3. The molecule has 0 spiro atoms. The monoisotopic (exact) mass is 257 g/mol. The highest BCUT2D eigenvalue weighted by atomic mass is 35.5. The normalized spacial score (nSPS) is 12.9. The van der Waals surface area contributed by atoms with Gasteiger partial charge in [0.25, 0.3) is 0 Å². The highest BCUT2D eigenvalue weighted by Gasteiger charge is 2.15. The van der Waals surface area contributed by atoms with Crippen molar-refractivity contribution in [1.29, 1.82) is 0 Å². The highest BCUT2D eigenvalue weighted by Crippen LogP contribution is 2.30. The standard InChI is InChI=1S/C11H12ClNO2S/c1-14-6-7-2-3-8(15-7)11(13)9-4-5-10(12)16-9/h2-5,11H,6,13H2,1H3. The number of rotatable bonds is 4. The Bertz CT molecular complexity index is 466. The molecule has 0 fully saturated rings. The van der Waals surface area contributed by atoms with Gasteiger partial charge in [-0.15, -0.1) is 11.3 Å². The first-order valence-corrected chi connectivity index (χ1v) is 5.98. The predicted octanol–water partition coefficient (Wildman–Crippen LogP) is 3.19. The Morgan fingerprint density at radius 3 is 2.88 bits per heavy atom.